The zero-order valence-corrected chi connectivity index (χ0v) is 12.6. The van der Waals surface area contributed by atoms with Gasteiger partial charge in [-0.05, 0) is 32.0 Å². The molecule has 1 aromatic carbocycles. The van der Waals surface area contributed by atoms with Crippen molar-refractivity contribution < 1.29 is 4.79 Å². The normalized spacial score (nSPS) is 11.1. The molecule has 1 aromatic heterocycles. The molecule has 1 heterocycles. The molecule has 2 rings (SSSR count). The Kier molecular flexibility index (Phi) is 4.19. The van der Waals surface area contributed by atoms with E-state index in [9.17, 15) is 4.79 Å². The largest absolute Gasteiger partial charge is 0.287 e. The summed E-state index contributed by atoms with van der Waals surface area (Å²) < 4.78 is 1.57. The highest BCUT2D eigenvalue weighted by atomic mass is 35.5. The van der Waals surface area contributed by atoms with E-state index in [1.54, 1.807) is 16.8 Å². The van der Waals surface area contributed by atoms with Gasteiger partial charge in [-0.15, -0.1) is 0 Å². The Balaban J connectivity index is 2.56. The highest BCUT2D eigenvalue weighted by Gasteiger charge is 2.22. The SMILES string of the molecule is CC(C)n1ncc(Cl)c1C(=O)c1cc(Cl)ccc1Cl. The minimum absolute atomic E-state index is 0.0180. The second-order valence-corrected chi connectivity index (χ2v) is 5.58. The number of ketones is 1. The Morgan fingerprint density at radius 1 is 1.21 bits per heavy atom. The second-order valence-electron chi connectivity index (χ2n) is 4.33. The highest BCUT2D eigenvalue weighted by molar-refractivity contribution is 6.39. The standard InChI is InChI=1S/C13H11Cl3N2O/c1-7(2)18-12(11(16)6-17-18)13(19)9-5-8(14)3-4-10(9)15/h3-7H,1-2H3. The van der Waals surface area contributed by atoms with Crippen molar-refractivity contribution in [3.8, 4) is 0 Å². The Morgan fingerprint density at radius 3 is 2.53 bits per heavy atom. The highest BCUT2D eigenvalue weighted by Crippen LogP contribution is 2.27. The predicted molar refractivity (Wildman–Crippen MR) is 77.5 cm³/mol. The molecule has 0 aliphatic heterocycles. The molecule has 0 bridgehead atoms. The van der Waals surface area contributed by atoms with Crippen LogP contribution >= 0.6 is 34.8 Å². The van der Waals surface area contributed by atoms with Crippen LogP contribution in [0.1, 0.15) is 35.9 Å². The summed E-state index contributed by atoms with van der Waals surface area (Å²) in [5, 5.41) is 5.18. The van der Waals surface area contributed by atoms with Gasteiger partial charge in [-0.25, -0.2) is 0 Å². The third-order valence-corrected chi connectivity index (χ3v) is 3.47. The summed E-state index contributed by atoms with van der Waals surface area (Å²) >= 11 is 18.0. The summed E-state index contributed by atoms with van der Waals surface area (Å²) in [5.41, 5.74) is 0.638. The number of hydrogen-bond donors (Lipinski definition) is 0. The molecule has 0 radical (unpaired) electrons. The van der Waals surface area contributed by atoms with Crippen molar-refractivity contribution in [2.24, 2.45) is 0 Å². The van der Waals surface area contributed by atoms with E-state index in [4.69, 9.17) is 34.8 Å². The molecule has 0 amide bonds. The van der Waals surface area contributed by atoms with Crippen LogP contribution in [0.2, 0.25) is 15.1 Å². The number of carbonyl (C=O) groups excluding carboxylic acids is 1. The molecule has 0 N–H and O–H groups in total. The maximum absolute atomic E-state index is 12.5. The van der Waals surface area contributed by atoms with Gasteiger partial charge in [0, 0.05) is 16.6 Å². The number of carbonyl (C=O) groups is 1. The van der Waals surface area contributed by atoms with E-state index in [-0.39, 0.29) is 11.8 Å². The van der Waals surface area contributed by atoms with Crippen molar-refractivity contribution in [3.05, 3.63) is 50.7 Å². The average Bonchev–Trinajstić information content (AvgIpc) is 2.73. The van der Waals surface area contributed by atoms with Crippen LogP contribution in [0.5, 0.6) is 0 Å². The molecule has 0 aliphatic rings. The molecule has 0 aliphatic carbocycles. The third kappa shape index (κ3) is 2.78. The number of hydrogen-bond acceptors (Lipinski definition) is 2. The summed E-state index contributed by atoms with van der Waals surface area (Å²) in [6.45, 7) is 3.83. The van der Waals surface area contributed by atoms with Crippen LogP contribution < -0.4 is 0 Å². The van der Waals surface area contributed by atoms with Crippen LogP contribution in [0.3, 0.4) is 0 Å². The first-order valence-electron chi connectivity index (χ1n) is 5.64. The molecule has 2 aromatic rings. The van der Waals surface area contributed by atoms with Crippen LogP contribution in [0, 0.1) is 0 Å². The fraction of sp³-hybridized carbons (Fsp3) is 0.231. The Morgan fingerprint density at radius 2 is 1.89 bits per heavy atom. The lowest BCUT2D eigenvalue weighted by Crippen LogP contribution is -2.14. The van der Waals surface area contributed by atoms with Crippen molar-refractivity contribution in [2.75, 3.05) is 0 Å². The molecule has 0 fully saturated rings. The number of halogens is 3. The first-order chi connectivity index (χ1) is 8.91. The fourth-order valence-corrected chi connectivity index (χ4v) is 2.34. The molecule has 0 spiro atoms. The van der Waals surface area contributed by atoms with E-state index in [2.05, 4.69) is 5.10 Å². The first kappa shape index (κ1) is 14.4. The Bertz CT molecular complexity index is 635. The molecule has 19 heavy (non-hydrogen) atoms. The van der Waals surface area contributed by atoms with Gasteiger partial charge in [0.25, 0.3) is 0 Å². The predicted octanol–water partition coefficient (Wildman–Crippen LogP) is 4.66. The van der Waals surface area contributed by atoms with E-state index in [1.165, 1.54) is 12.3 Å². The van der Waals surface area contributed by atoms with Gasteiger partial charge in [0.2, 0.25) is 5.78 Å². The molecular weight excluding hydrogens is 307 g/mol. The van der Waals surface area contributed by atoms with Crippen LogP contribution in [-0.2, 0) is 0 Å². The van der Waals surface area contributed by atoms with Gasteiger partial charge >= 0.3 is 0 Å². The molecule has 0 atom stereocenters. The summed E-state index contributed by atoms with van der Waals surface area (Å²) in [4.78, 5) is 12.5. The van der Waals surface area contributed by atoms with Crippen molar-refractivity contribution in [3.63, 3.8) is 0 Å². The molecule has 100 valence electrons. The minimum atomic E-state index is -0.288. The fourth-order valence-electron chi connectivity index (χ4n) is 1.74. The second kappa shape index (κ2) is 5.53. The summed E-state index contributed by atoms with van der Waals surface area (Å²) in [6, 6.07) is 4.76. The van der Waals surface area contributed by atoms with E-state index in [1.807, 2.05) is 13.8 Å². The van der Waals surface area contributed by atoms with Crippen LogP contribution in [0.4, 0.5) is 0 Å². The molecule has 0 unspecified atom stereocenters. The third-order valence-electron chi connectivity index (χ3n) is 2.63. The smallest absolute Gasteiger partial charge is 0.214 e. The maximum Gasteiger partial charge on any atom is 0.214 e. The van der Waals surface area contributed by atoms with Gasteiger partial charge < -0.3 is 0 Å². The summed E-state index contributed by atoms with van der Waals surface area (Å²) in [7, 11) is 0. The molecule has 3 nitrogen and oxygen atoms in total. The Labute approximate surface area is 126 Å². The van der Waals surface area contributed by atoms with Crippen molar-refractivity contribution in [1.82, 2.24) is 9.78 Å². The maximum atomic E-state index is 12.5. The van der Waals surface area contributed by atoms with Gasteiger partial charge in [0.15, 0.2) is 0 Å². The van der Waals surface area contributed by atoms with Crippen molar-refractivity contribution >= 4 is 40.6 Å². The van der Waals surface area contributed by atoms with Gasteiger partial charge in [-0.1, -0.05) is 34.8 Å². The number of rotatable bonds is 3. The van der Waals surface area contributed by atoms with Crippen molar-refractivity contribution in [1.29, 1.82) is 0 Å². The van der Waals surface area contributed by atoms with Gasteiger partial charge in [-0.3, -0.25) is 9.48 Å². The topological polar surface area (TPSA) is 34.9 Å². The monoisotopic (exact) mass is 316 g/mol. The van der Waals surface area contributed by atoms with Gasteiger partial charge in [0.05, 0.1) is 16.2 Å². The lowest BCUT2D eigenvalue weighted by molar-refractivity contribution is 0.102. The van der Waals surface area contributed by atoms with Gasteiger partial charge in [-0.2, -0.15) is 5.10 Å². The number of aromatic nitrogens is 2. The lowest BCUT2D eigenvalue weighted by Gasteiger charge is -2.11. The first-order valence-corrected chi connectivity index (χ1v) is 6.78. The molecule has 0 saturated carbocycles. The van der Waals surface area contributed by atoms with E-state index in [0.717, 1.165) is 0 Å². The lowest BCUT2D eigenvalue weighted by atomic mass is 10.1. The molecule has 6 heteroatoms. The van der Waals surface area contributed by atoms with Gasteiger partial charge in [0.1, 0.15) is 5.69 Å². The van der Waals surface area contributed by atoms with E-state index in [0.29, 0.717) is 26.3 Å². The Hall–Kier alpha value is -1.03. The van der Waals surface area contributed by atoms with Crippen molar-refractivity contribution in [2.45, 2.75) is 19.9 Å². The quantitative estimate of drug-likeness (QED) is 0.772. The number of benzene rings is 1. The van der Waals surface area contributed by atoms with Crippen LogP contribution in [-0.4, -0.2) is 15.6 Å². The number of nitrogens with zero attached hydrogens (tertiary/aromatic N) is 2. The summed E-state index contributed by atoms with van der Waals surface area (Å²) in [6.07, 6.45) is 1.45. The summed E-state index contributed by atoms with van der Waals surface area (Å²) in [5.74, 6) is -0.288. The minimum Gasteiger partial charge on any atom is -0.287 e. The van der Waals surface area contributed by atoms with E-state index < -0.39 is 0 Å². The van der Waals surface area contributed by atoms with Crippen LogP contribution in [0.15, 0.2) is 24.4 Å². The zero-order chi connectivity index (χ0) is 14.2. The average molecular weight is 318 g/mol. The molecule has 0 saturated heterocycles. The van der Waals surface area contributed by atoms with Crippen LogP contribution in [0.25, 0.3) is 0 Å². The molecular formula is C13H11Cl3N2O. The van der Waals surface area contributed by atoms with E-state index >= 15 is 0 Å². The zero-order valence-electron chi connectivity index (χ0n) is 10.3.